The van der Waals surface area contributed by atoms with E-state index < -0.39 is 41.6 Å². The molecule has 2 atom stereocenters. The van der Waals surface area contributed by atoms with Crippen LogP contribution in [0.2, 0.25) is 0 Å². The van der Waals surface area contributed by atoms with E-state index >= 15 is 0 Å². The van der Waals surface area contributed by atoms with Crippen molar-refractivity contribution in [3.8, 4) is 0 Å². The Labute approximate surface area is 300 Å². The molecule has 4 aliphatic rings. The summed E-state index contributed by atoms with van der Waals surface area (Å²) in [6, 6.07) is 11.4. The van der Waals surface area contributed by atoms with E-state index in [9.17, 15) is 33.6 Å². The fraction of sp³-hybridized carbons (Fsp3) is 0.447. The van der Waals surface area contributed by atoms with Crippen LogP contribution in [0.3, 0.4) is 0 Å². The van der Waals surface area contributed by atoms with Crippen molar-refractivity contribution in [3.05, 3.63) is 83.1 Å². The third-order valence-electron chi connectivity index (χ3n) is 8.17. The molecule has 2 fully saturated rings. The second-order valence-corrected chi connectivity index (χ2v) is 14.0. The van der Waals surface area contributed by atoms with Crippen molar-refractivity contribution in [2.24, 2.45) is 0 Å². The van der Waals surface area contributed by atoms with Crippen LogP contribution in [0.1, 0.15) is 116 Å². The van der Waals surface area contributed by atoms with Crippen molar-refractivity contribution in [1.29, 1.82) is 0 Å². The van der Waals surface area contributed by atoms with E-state index in [0.29, 0.717) is 46.3 Å². The van der Waals surface area contributed by atoms with E-state index in [1.807, 2.05) is 27.8 Å². The predicted molar refractivity (Wildman–Crippen MR) is 193 cm³/mol. The predicted octanol–water partition coefficient (Wildman–Crippen LogP) is 4.23. The summed E-state index contributed by atoms with van der Waals surface area (Å²) in [5.74, 6) is -3.05. The third kappa shape index (κ3) is 10.5. The molecule has 7 amide bonds. The number of hydrogen-bond acceptors (Lipinski definition) is 9. The molecule has 276 valence electrons. The van der Waals surface area contributed by atoms with Gasteiger partial charge >= 0.3 is 0 Å². The molecular formula is C38H51N5O8. The SMILES string of the molecule is C.C=C1CCC(N2C(=O)c3ccccc3C2=O)C(=O)N1.CNC(C)(C)C.COC(C)(C)C.O=C1CCC(N2C(=O)c3ccccc3C2=O)C(=O)N1. The highest BCUT2D eigenvalue weighted by atomic mass is 16.5. The van der Waals surface area contributed by atoms with Gasteiger partial charge in [-0.25, -0.2) is 0 Å². The molecule has 2 aromatic rings. The van der Waals surface area contributed by atoms with Crippen LogP contribution in [0, 0.1) is 0 Å². The normalized spacial score (nSPS) is 19.6. The van der Waals surface area contributed by atoms with Gasteiger partial charge in [0.15, 0.2) is 0 Å². The minimum absolute atomic E-state index is 0. The first-order chi connectivity index (χ1) is 23.3. The monoisotopic (exact) mass is 705 g/mol. The van der Waals surface area contributed by atoms with Gasteiger partial charge in [-0.1, -0.05) is 38.3 Å². The van der Waals surface area contributed by atoms with Crippen molar-refractivity contribution in [1.82, 2.24) is 25.8 Å². The number of benzene rings is 2. The first-order valence-corrected chi connectivity index (χ1v) is 16.3. The van der Waals surface area contributed by atoms with Crippen molar-refractivity contribution in [3.63, 3.8) is 0 Å². The maximum Gasteiger partial charge on any atom is 0.262 e. The summed E-state index contributed by atoms with van der Waals surface area (Å²) in [6.07, 6.45) is 1.31. The van der Waals surface area contributed by atoms with Crippen LogP contribution < -0.4 is 16.0 Å². The minimum Gasteiger partial charge on any atom is -0.379 e. The maximum absolute atomic E-state index is 12.2. The summed E-state index contributed by atoms with van der Waals surface area (Å²) in [4.78, 5) is 85.6. The van der Waals surface area contributed by atoms with Crippen LogP contribution in [-0.2, 0) is 19.1 Å². The summed E-state index contributed by atoms with van der Waals surface area (Å²) in [6.45, 7) is 16.1. The number of imide groups is 3. The van der Waals surface area contributed by atoms with E-state index in [1.165, 1.54) is 0 Å². The molecule has 13 heteroatoms. The molecule has 0 aliphatic carbocycles. The summed E-state index contributed by atoms with van der Waals surface area (Å²) < 4.78 is 4.94. The van der Waals surface area contributed by atoms with E-state index in [2.05, 4.69) is 43.3 Å². The number of ether oxygens (including phenoxy) is 1. The second-order valence-electron chi connectivity index (χ2n) is 14.0. The third-order valence-corrected chi connectivity index (χ3v) is 8.17. The Morgan fingerprint density at radius 1 is 0.667 bits per heavy atom. The molecule has 2 saturated heterocycles. The van der Waals surface area contributed by atoms with Gasteiger partial charge in [-0.05, 0) is 92.1 Å². The number of allylic oxidation sites excluding steroid dienone is 1. The lowest BCUT2D eigenvalue weighted by Crippen LogP contribution is -2.54. The number of piperidine rings is 2. The number of fused-ring (bicyclic) bond motifs is 2. The van der Waals surface area contributed by atoms with Crippen LogP contribution in [-0.4, -0.2) is 88.5 Å². The lowest BCUT2D eigenvalue weighted by molar-refractivity contribution is -0.136. The summed E-state index contributed by atoms with van der Waals surface area (Å²) in [5.41, 5.74) is 2.29. The van der Waals surface area contributed by atoms with Gasteiger partial charge < -0.3 is 15.4 Å². The van der Waals surface area contributed by atoms with E-state index in [4.69, 9.17) is 4.74 Å². The van der Waals surface area contributed by atoms with Gasteiger partial charge in [0, 0.05) is 24.8 Å². The molecule has 13 nitrogen and oxygen atoms in total. The number of rotatable bonds is 2. The molecule has 2 unspecified atom stereocenters. The molecule has 0 bridgehead atoms. The van der Waals surface area contributed by atoms with Gasteiger partial charge in [-0.15, -0.1) is 0 Å². The average Bonchev–Trinajstić information content (AvgIpc) is 3.46. The first-order valence-electron chi connectivity index (χ1n) is 16.3. The average molecular weight is 706 g/mol. The molecule has 0 saturated carbocycles. The maximum atomic E-state index is 12.2. The van der Waals surface area contributed by atoms with Crippen LogP contribution >= 0.6 is 0 Å². The second kappa shape index (κ2) is 17.3. The largest absolute Gasteiger partial charge is 0.379 e. The van der Waals surface area contributed by atoms with Gasteiger partial charge in [0.05, 0.1) is 27.9 Å². The Balaban J connectivity index is 0.000000266. The fourth-order valence-electron chi connectivity index (χ4n) is 4.92. The quantitative estimate of drug-likeness (QED) is 0.387. The molecule has 4 heterocycles. The fourth-order valence-corrected chi connectivity index (χ4v) is 4.92. The van der Waals surface area contributed by atoms with Crippen LogP contribution in [0.15, 0.2) is 60.8 Å². The van der Waals surface area contributed by atoms with E-state index in [1.54, 1.807) is 55.6 Å². The van der Waals surface area contributed by atoms with Gasteiger partial charge in [-0.2, -0.15) is 0 Å². The molecule has 4 aliphatic heterocycles. The Hall–Kier alpha value is -5.01. The highest BCUT2D eigenvalue weighted by Crippen LogP contribution is 2.29. The Bertz CT molecular complexity index is 1490. The summed E-state index contributed by atoms with van der Waals surface area (Å²) >= 11 is 0. The number of hydrogen-bond donors (Lipinski definition) is 3. The Morgan fingerprint density at radius 2 is 0.980 bits per heavy atom. The number of amides is 7. The molecule has 6 rings (SSSR count). The lowest BCUT2D eigenvalue weighted by Gasteiger charge is -2.29. The van der Waals surface area contributed by atoms with Crippen LogP contribution in [0.25, 0.3) is 0 Å². The number of carbonyl (C=O) groups excluding carboxylic acids is 7. The molecule has 0 spiro atoms. The number of methoxy groups -OCH3 is 1. The van der Waals surface area contributed by atoms with Gasteiger partial charge in [-0.3, -0.25) is 48.7 Å². The summed E-state index contributed by atoms with van der Waals surface area (Å²) in [7, 11) is 3.67. The van der Waals surface area contributed by atoms with Crippen molar-refractivity contribution in [2.75, 3.05) is 14.2 Å². The Kier molecular flexibility index (Phi) is 14.3. The van der Waals surface area contributed by atoms with Crippen LogP contribution in [0.4, 0.5) is 0 Å². The summed E-state index contributed by atoms with van der Waals surface area (Å²) in [5, 5.41) is 7.85. The van der Waals surface area contributed by atoms with Gasteiger partial charge in [0.25, 0.3) is 23.6 Å². The van der Waals surface area contributed by atoms with E-state index in [-0.39, 0.29) is 37.7 Å². The Morgan fingerprint density at radius 3 is 1.25 bits per heavy atom. The lowest BCUT2D eigenvalue weighted by atomic mass is 10.0. The molecule has 51 heavy (non-hydrogen) atoms. The minimum atomic E-state index is -0.898. The highest BCUT2D eigenvalue weighted by Gasteiger charge is 2.45. The smallest absolute Gasteiger partial charge is 0.262 e. The highest BCUT2D eigenvalue weighted by molar-refractivity contribution is 6.24. The zero-order valence-electron chi connectivity index (χ0n) is 30.0. The first kappa shape index (κ1) is 42.2. The zero-order valence-corrected chi connectivity index (χ0v) is 30.0. The van der Waals surface area contributed by atoms with Crippen molar-refractivity contribution in [2.45, 2.75) is 97.9 Å². The molecule has 0 aromatic heterocycles. The molecular weight excluding hydrogens is 654 g/mol. The van der Waals surface area contributed by atoms with Crippen LogP contribution in [0.5, 0.6) is 0 Å². The molecule has 3 N–H and O–H groups in total. The molecule has 0 radical (unpaired) electrons. The van der Waals surface area contributed by atoms with Crippen molar-refractivity contribution >= 4 is 41.4 Å². The zero-order chi connectivity index (χ0) is 37.6. The number of nitrogens with zero attached hydrogens (tertiary/aromatic N) is 2. The number of carbonyl (C=O) groups is 7. The molecule has 2 aromatic carbocycles. The van der Waals surface area contributed by atoms with Gasteiger partial charge in [0.1, 0.15) is 12.1 Å². The van der Waals surface area contributed by atoms with E-state index in [0.717, 1.165) is 9.80 Å². The standard InChI is InChI=1S/C14H12N2O3.C13H10N2O4.C5H13N.C5H12O.CH4/c1-8-6-7-11(12(17)15-8)16-13(18)9-4-2-3-5-10(9)14(16)19;16-10-6-5-9(11(17)14-10)15-12(18)7-3-1-2-4-8(7)13(15)19;2*1-5(2,3)6-4;/h2-5,11H,1,6-7H2,(H,15,17);1-4,9H,5-6H2,(H,14,16,17);6H,1-4H3;1-4H3;1H4. The topological polar surface area (TPSA) is 171 Å². The van der Waals surface area contributed by atoms with Gasteiger partial charge in [0.2, 0.25) is 17.7 Å². The number of nitrogens with one attached hydrogen (secondary N) is 3. The van der Waals surface area contributed by atoms with Crippen molar-refractivity contribution < 1.29 is 38.3 Å².